The third-order valence-corrected chi connectivity index (χ3v) is 4.92. The van der Waals surface area contributed by atoms with Crippen LogP contribution in [0, 0.1) is 6.92 Å². The average Bonchev–Trinajstić information content (AvgIpc) is 3.11. The van der Waals surface area contributed by atoms with Gasteiger partial charge in [0, 0.05) is 13.1 Å². The number of urea groups is 1. The fourth-order valence-corrected chi connectivity index (χ4v) is 3.50. The molecule has 1 aromatic heterocycles. The Hall–Kier alpha value is -3.16. The van der Waals surface area contributed by atoms with Gasteiger partial charge in [-0.2, -0.15) is 5.10 Å². The zero-order chi connectivity index (χ0) is 20.3. The highest BCUT2D eigenvalue weighted by Crippen LogP contribution is 2.34. The minimum absolute atomic E-state index is 0.352. The Labute approximate surface area is 163 Å². The molecule has 0 bridgehead atoms. The molecule has 4 amide bonds. The number of nitrogens with one attached hydrogen (secondary N) is 2. The first-order chi connectivity index (χ1) is 13.4. The number of rotatable bonds is 7. The molecule has 2 heterocycles. The first-order valence-corrected chi connectivity index (χ1v) is 9.37. The second kappa shape index (κ2) is 7.84. The lowest BCUT2D eigenvalue weighted by Crippen LogP contribution is -2.44. The van der Waals surface area contributed by atoms with Gasteiger partial charge in [0.1, 0.15) is 17.9 Å². The lowest BCUT2D eigenvalue weighted by atomic mass is 9.85. The molecule has 1 atom stereocenters. The van der Waals surface area contributed by atoms with Crippen molar-refractivity contribution < 1.29 is 14.4 Å². The largest absolute Gasteiger partial charge is 0.325 e. The van der Waals surface area contributed by atoms with Crippen LogP contribution in [0.1, 0.15) is 37.4 Å². The van der Waals surface area contributed by atoms with Gasteiger partial charge in [-0.15, -0.1) is 0 Å². The van der Waals surface area contributed by atoms with Crippen molar-refractivity contribution in [3.63, 3.8) is 0 Å². The first-order valence-electron chi connectivity index (χ1n) is 9.37. The molecule has 0 radical (unpaired) electrons. The van der Waals surface area contributed by atoms with Gasteiger partial charge in [-0.1, -0.05) is 50.1 Å². The maximum Gasteiger partial charge on any atom is 0.325 e. The van der Waals surface area contributed by atoms with E-state index >= 15 is 0 Å². The van der Waals surface area contributed by atoms with Crippen molar-refractivity contribution in [2.45, 2.75) is 38.6 Å². The minimum Gasteiger partial charge on any atom is -0.319 e. The Morgan fingerprint density at radius 2 is 1.96 bits per heavy atom. The van der Waals surface area contributed by atoms with E-state index in [1.165, 1.54) is 4.68 Å². The molecule has 0 aliphatic carbocycles. The number of anilines is 1. The van der Waals surface area contributed by atoms with E-state index in [-0.39, 0.29) is 6.54 Å². The number of aromatic nitrogens is 2. The van der Waals surface area contributed by atoms with E-state index in [4.69, 9.17) is 0 Å². The van der Waals surface area contributed by atoms with Crippen molar-refractivity contribution in [3.05, 3.63) is 47.7 Å². The molecule has 2 N–H and O–H groups in total. The quantitative estimate of drug-likeness (QED) is 0.717. The third-order valence-electron chi connectivity index (χ3n) is 4.92. The Morgan fingerprint density at radius 3 is 2.57 bits per heavy atom. The van der Waals surface area contributed by atoms with Crippen molar-refractivity contribution in [3.8, 4) is 0 Å². The van der Waals surface area contributed by atoms with Gasteiger partial charge in [-0.25, -0.2) is 4.79 Å². The summed E-state index contributed by atoms with van der Waals surface area (Å²) >= 11 is 0. The molecule has 1 fully saturated rings. The molecular weight excluding hydrogens is 358 g/mol. The van der Waals surface area contributed by atoms with E-state index in [1.54, 1.807) is 13.1 Å². The summed E-state index contributed by atoms with van der Waals surface area (Å²) < 4.78 is 1.54. The van der Waals surface area contributed by atoms with Gasteiger partial charge >= 0.3 is 6.03 Å². The summed E-state index contributed by atoms with van der Waals surface area (Å²) in [6, 6.07) is 10.4. The molecule has 8 heteroatoms. The molecule has 148 valence electrons. The number of hydrogen-bond donors (Lipinski definition) is 2. The van der Waals surface area contributed by atoms with Crippen LogP contribution in [0.3, 0.4) is 0 Å². The fraction of sp³-hybridized carbons (Fsp3) is 0.400. The Bertz CT molecular complexity index is 893. The van der Waals surface area contributed by atoms with E-state index < -0.39 is 23.4 Å². The molecule has 1 aliphatic rings. The number of carbonyl (C=O) groups is 3. The molecule has 1 aromatic carbocycles. The van der Waals surface area contributed by atoms with Gasteiger partial charge in [0.15, 0.2) is 0 Å². The summed E-state index contributed by atoms with van der Waals surface area (Å²) in [6.07, 6.45) is 2.14. The van der Waals surface area contributed by atoms with Gasteiger partial charge in [0.05, 0.1) is 5.69 Å². The van der Waals surface area contributed by atoms with E-state index in [0.29, 0.717) is 12.2 Å². The van der Waals surface area contributed by atoms with Gasteiger partial charge < -0.3 is 10.6 Å². The van der Waals surface area contributed by atoms with Crippen LogP contribution in [-0.2, 0) is 22.2 Å². The van der Waals surface area contributed by atoms with Crippen LogP contribution in [0.4, 0.5) is 10.6 Å². The van der Waals surface area contributed by atoms with E-state index in [1.807, 2.05) is 44.2 Å². The van der Waals surface area contributed by atoms with E-state index in [2.05, 4.69) is 15.7 Å². The van der Waals surface area contributed by atoms with Crippen LogP contribution in [0.15, 0.2) is 36.4 Å². The van der Waals surface area contributed by atoms with E-state index in [0.717, 1.165) is 29.0 Å². The molecular formula is C20H25N5O3. The zero-order valence-electron chi connectivity index (χ0n) is 16.4. The topological polar surface area (TPSA) is 96.3 Å². The van der Waals surface area contributed by atoms with Crippen LogP contribution >= 0.6 is 0 Å². The minimum atomic E-state index is -1.13. The van der Waals surface area contributed by atoms with Gasteiger partial charge in [0.2, 0.25) is 5.91 Å². The van der Waals surface area contributed by atoms with E-state index in [9.17, 15) is 14.4 Å². The van der Waals surface area contributed by atoms with Crippen LogP contribution in [-0.4, -0.2) is 39.1 Å². The molecule has 0 spiro atoms. The Morgan fingerprint density at radius 1 is 1.25 bits per heavy atom. The fourth-order valence-electron chi connectivity index (χ4n) is 3.50. The maximum absolute atomic E-state index is 13.2. The monoisotopic (exact) mass is 383 g/mol. The lowest BCUT2D eigenvalue weighted by Gasteiger charge is -2.27. The Balaban J connectivity index is 1.81. The predicted octanol–water partition coefficient (Wildman–Crippen LogP) is 2.30. The second-order valence-electron chi connectivity index (χ2n) is 7.04. The highest BCUT2D eigenvalue weighted by atomic mass is 16.2. The summed E-state index contributed by atoms with van der Waals surface area (Å²) in [5.41, 5.74) is 0.361. The molecule has 3 rings (SSSR count). The molecule has 28 heavy (non-hydrogen) atoms. The summed E-state index contributed by atoms with van der Waals surface area (Å²) in [4.78, 5) is 39.3. The maximum atomic E-state index is 13.2. The molecule has 1 saturated heterocycles. The number of unbranched alkanes of at least 4 members (excludes halogenated alkanes) is 1. The molecule has 0 saturated carbocycles. The van der Waals surface area contributed by atoms with Crippen molar-refractivity contribution in [2.24, 2.45) is 7.05 Å². The SMILES string of the molecule is CCCCC1(c2ccccc2)NC(=O)N(CC(=O)Nc2cc(C)nn2C)C1=O. The third kappa shape index (κ3) is 3.62. The van der Waals surface area contributed by atoms with Crippen molar-refractivity contribution in [2.75, 3.05) is 11.9 Å². The van der Waals surface area contributed by atoms with Crippen LogP contribution < -0.4 is 10.6 Å². The number of nitrogens with zero attached hydrogens (tertiary/aromatic N) is 3. The molecule has 2 aromatic rings. The number of aryl methyl sites for hydroxylation is 2. The number of imide groups is 1. The second-order valence-corrected chi connectivity index (χ2v) is 7.04. The summed E-state index contributed by atoms with van der Waals surface area (Å²) in [5, 5.41) is 9.70. The van der Waals surface area contributed by atoms with Crippen molar-refractivity contribution >= 4 is 23.7 Å². The van der Waals surface area contributed by atoms with Crippen LogP contribution in [0.2, 0.25) is 0 Å². The standard InChI is InChI=1S/C20H25N5O3/c1-4-5-11-20(15-9-7-6-8-10-15)18(27)25(19(28)22-20)13-17(26)21-16-12-14(2)23-24(16)3/h6-10,12H,4-5,11,13H2,1-3H3,(H,21,26)(H,22,28). The number of hydrogen-bond acceptors (Lipinski definition) is 4. The zero-order valence-corrected chi connectivity index (χ0v) is 16.4. The summed E-state index contributed by atoms with van der Waals surface area (Å²) in [6.45, 7) is 3.49. The summed E-state index contributed by atoms with van der Waals surface area (Å²) in [7, 11) is 1.71. The molecule has 8 nitrogen and oxygen atoms in total. The molecule has 1 aliphatic heterocycles. The number of amides is 4. The molecule has 1 unspecified atom stereocenters. The van der Waals surface area contributed by atoms with Gasteiger partial charge in [-0.3, -0.25) is 19.2 Å². The lowest BCUT2D eigenvalue weighted by molar-refractivity contribution is -0.134. The number of carbonyl (C=O) groups excluding carboxylic acids is 3. The van der Waals surface area contributed by atoms with Crippen LogP contribution in [0.5, 0.6) is 0 Å². The summed E-state index contributed by atoms with van der Waals surface area (Å²) in [5.74, 6) is -0.339. The first kappa shape index (κ1) is 19.6. The Kier molecular flexibility index (Phi) is 5.48. The predicted molar refractivity (Wildman–Crippen MR) is 104 cm³/mol. The van der Waals surface area contributed by atoms with Crippen molar-refractivity contribution in [1.29, 1.82) is 0 Å². The highest BCUT2D eigenvalue weighted by molar-refractivity contribution is 6.10. The smallest absolute Gasteiger partial charge is 0.319 e. The van der Waals surface area contributed by atoms with Crippen molar-refractivity contribution in [1.82, 2.24) is 20.0 Å². The normalized spacial score (nSPS) is 19.0. The van der Waals surface area contributed by atoms with Crippen LogP contribution in [0.25, 0.3) is 0 Å². The highest BCUT2D eigenvalue weighted by Gasteiger charge is 2.52. The number of benzene rings is 1. The van der Waals surface area contributed by atoms with Gasteiger partial charge in [-0.05, 0) is 18.9 Å². The van der Waals surface area contributed by atoms with Gasteiger partial charge in [0.25, 0.3) is 5.91 Å². The average molecular weight is 383 g/mol.